The van der Waals surface area contributed by atoms with Gasteiger partial charge >= 0.3 is 0 Å². The Hall–Kier alpha value is -1.00. The maximum absolute atomic E-state index is 11.8. The fourth-order valence-corrected chi connectivity index (χ4v) is 4.32. The van der Waals surface area contributed by atoms with Crippen molar-refractivity contribution in [1.82, 2.24) is 10.2 Å². The molecule has 4 heteroatoms. The van der Waals surface area contributed by atoms with Crippen LogP contribution in [0.4, 0.5) is 0 Å². The van der Waals surface area contributed by atoms with Crippen LogP contribution in [-0.4, -0.2) is 41.7 Å². The molecule has 2 fully saturated rings. The first-order chi connectivity index (χ1) is 10.2. The Balaban J connectivity index is 1.53. The predicted molar refractivity (Wildman–Crippen MR) is 87.7 cm³/mol. The van der Waals surface area contributed by atoms with E-state index in [-0.39, 0.29) is 5.91 Å². The van der Waals surface area contributed by atoms with Gasteiger partial charge in [-0.25, -0.2) is 0 Å². The van der Waals surface area contributed by atoms with E-state index in [1.54, 1.807) is 0 Å². The Morgan fingerprint density at radius 2 is 2.00 bits per heavy atom. The second-order valence-corrected chi connectivity index (χ2v) is 7.33. The second-order valence-electron chi connectivity index (χ2n) is 6.16. The maximum Gasteiger partial charge on any atom is 0.234 e. The minimum Gasteiger partial charge on any atom is -0.351 e. The van der Waals surface area contributed by atoms with E-state index in [0.29, 0.717) is 18.6 Å². The largest absolute Gasteiger partial charge is 0.351 e. The smallest absolute Gasteiger partial charge is 0.234 e. The van der Waals surface area contributed by atoms with Gasteiger partial charge in [0.25, 0.3) is 0 Å². The molecule has 0 aromatic heterocycles. The van der Waals surface area contributed by atoms with E-state index in [4.69, 9.17) is 0 Å². The summed E-state index contributed by atoms with van der Waals surface area (Å²) in [5.41, 5.74) is 1.30. The molecule has 1 saturated carbocycles. The zero-order valence-electron chi connectivity index (χ0n) is 12.7. The van der Waals surface area contributed by atoms with Crippen molar-refractivity contribution in [2.45, 2.75) is 49.6 Å². The summed E-state index contributed by atoms with van der Waals surface area (Å²) in [6, 6.07) is 9.65. The third kappa shape index (κ3) is 3.80. The zero-order valence-corrected chi connectivity index (χ0v) is 13.5. The number of piperazine rings is 1. The molecule has 1 aliphatic heterocycles. The number of nitrogens with zero attached hydrogens (tertiary/aromatic N) is 1. The summed E-state index contributed by atoms with van der Waals surface area (Å²) < 4.78 is 0. The van der Waals surface area contributed by atoms with Crippen LogP contribution in [0.5, 0.6) is 0 Å². The van der Waals surface area contributed by atoms with Crippen molar-refractivity contribution in [3.8, 4) is 0 Å². The molecule has 21 heavy (non-hydrogen) atoms. The van der Waals surface area contributed by atoms with Gasteiger partial charge in [0.2, 0.25) is 5.91 Å². The van der Waals surface area contributed by atoms with Gasteiger partial charge in [0, 0.05) is 29.3 Å². The van der Waals surface area contributed by atoms with E-state index >= 15 is 0 Å². The number of aryl methyl sites for hydroxylation is 1. The van der Waals surface area contributed by atoms with Crippen molar-refractivity contribution in [1.29, 1.82) is 0 Å². The van der Waals surface area contributed by atoms with Gasteiger partial charge in [-0.15, -0.1) is 11.8 Å². The molecular formula is C17H24N2OS. The SMILES string of the molecule is Cc1ccc(SCCN2CC(=O)N[C@@H]3CCCC[C@@H]32)cc1. The van der Waals surface area contributed by atoms with Crippen LogP contribution >= 0.6 is 11.8 Å². The number of rotatable bonds is 4. The number of amides is 1. The number of nitrogens with one attached hydrogen (secondary N) is 1. The summed E-state index contributed by atoms with van der Waals surface area (Å²) in [6.45, 7) is 3.70. The van der Waals surface area contributed by atoms with Gasteiger partial charge < -0.3 is 5.32 Å². The van der Waals surface area contributed by atoms with E-state index in [1.165, 1.54) is 29.7 Å². The first-order valence-corrected chi connectivity index (χ1v) is 8.94. The summed E-state index contributed by atoms with van der Waals surface area (Å²) in [6.07, 6.45) is 4.95. The molecule has 0 bridgehead atoms. The number of carbonyl (C=O) groups is 1. The molecule has 1 N–H and O–H groups in total. The van der Waals surface area contributed by atoms with Gasteiger partial charge in [0.05, 0.1) is 6.54 Å². The van der Waals surface area contributed by atoms with Crippen molar-refractivity contribution in [2.75, 3.05) is 18.8 Å². The van der Waals surface area contributed by atoms with Crippen molar-refractivity contribution >= 4 is 17.7 Å². The monoisotopic (exact) mass is 304 g/mol. The molecule has 1 aliphatic carbocycles. The van der Waals surface area contributed by atoms with Gasteiger partial charge in [-0.3, -0.25) is 9.69 Å². The Bertz CT molecular complexity index is 488. The van der Waals surface area contributed by atoms with Gasteiger partial charge in [0.1, 0.15) is 0 Å². The lowest BCUT2D eigenvalue weighted by atomic mass is 9.87. The van der Waals surface area contributed by atoms with Crippen molar-refractivity contribution < 1.29 is 4.79 Å². The summed E-state index contributed by atoms with van der Waals surface area (Å²) in [4.78, 5) is 15.6. The lowest BCUT2D eigenvalue weighted by molar-refractivity contribution is -0.128. The highest BCUT2D eigenvalue weighted by Gasteiger charge is 2.35. The van der Waals surface area contributed by atoms with Crippen LogP contribution in [0, 0.1) is 6.92 Å². The van der Waals surface area contributed by atoms with Gasteiger partial charge in [-0.1, -0.05) is 30.5 Å². The molecule has 114 valence electrons. The quantitative estimate of drug-likeness (QED) is 0.868. The molecule has 1 amide bonds. The highest BCUT2D eigenvalue weighted by Crippen LogP contribution is 2.26. The molecule has 1 aromatic rings. The molecule has 1 heterocycles. The van der Waals surface area contributed by atoms with Crippen molar-refractivity contribution in [3.63, 3.8) is 0 Å². The average molecular weight is 304 g/mol. The van der Waals surface area contributed by atoms with Crippen LogP contribution in [0.15, 0.2) is 29.2 Å². The Labute approximate surface area is 131 Å². The number of benzene rings is 1. The normalized spacial score (nSPS) is 26.2. The lowest BCUT2D eigenvalue weighted by Crippen LogP contribution is -2.61. The van der Waals surface area contributed by atoms with Gasteiger partial charge in [-0.2, -0.15) is 0 Å². The van der Waals surface area contributed by atoms with E-state index in [1.807, 2.05) is 11.8 Å². The summed E-state index contributed by atoms with van der Waals surface area (Å²) in [7, 11) is 0. The Morgan fingerprint density at radius 1 is 1.24 bits per heavy atom. The number of hydrogen-bond donors (Lipinski definition) is 1. The molecule has 3 rings (SSSR count). The van der Waals surface area contributed by atoms with Crippen LogP contribution in [0.1, 0.15) is 31.2 Å². The van der Waals surface area contributed by atoms with Crippen molar-refractivity contribution in [3.05, 3.63) is 29.8 Å². The molecule has 1 aromatic carbocycles. The fraction of sp³-hybridized carbons (Fsp3) is 0.588. The molecule has 1 saturated heterocycles. The number of thioether (sulfide) groups is 1. The predicted octanol–water partition coefficient (Wildman–Crippen LogP) is 2.83. The molecule has 0 unspecified atom stereocenters. The second kappa shape index (κ2) is 6.84. The van der Waals surface area contributed by atoms with Crippen LogP contribution in [0.25, 0.3) is 0 Å². The Kier molecular flexibility index (Phi) is 4.86. The van der Waals surface area contributed by atoms with Crippen LogP contribution < -0.4 is 5.32 Å². The fourth-order valence-electron chi connectivity index (χ4n) is 3.43. The zero-order chi connectivity index (χ0) is 14.7. The number of hydrogen-bond acceptors (Lipinski definition) is 3. The van der Waals surface area contributed by atoms with E-state index in [0.717, 1.165) is 18.7 Å². The third-order valence-corrected chi connectivity index (χ3v) is 5.55. The third-order valence-electron chi connectivity index (χ3n) is 4.56. The maximum atomic E-state index is 11.8. The Morgan fingerprint density at radius 3 is 2.81 bits per heavy atom. The summed E-state index contributed by atoms with van der Waals surface area (Å²) >= 11 is 1.89. The average Bonchev–Trinajstić information content (AvgIpc) is 2.49. The lowest BCUT2D eigenvalue weighted by Gasteiger charge is -2.44. The topological polar surface area (TPSA) is 32.3 Å². The van der Waals surface area contributed by atoms with Gasteiger partial charge in [-0.05, 0) is 31.9 Å². The molecule has 0 radical (unpaired) electrons. The first kappa shape index (κ1) is 14.9. The molecule has 2 aliphatic rings. The first-order valence-electron chi connectivity index (χ1n) is 7.95. The highest BCUT2D eigenvalue weighted by atomic mass is 32.2. The van der Waals surface area contributed by atoms with Crippen LogP contribution in [0.2, 0.25) is 0 Å². The summed E-state index contributed by atoms with van der Waals surface area (Å²) in [5, 5.41) is 3.18. The highest BCUT2D eigenvalue weighted by molar-refractivity contribution is 7.99. The summed E-state index contributed by atoms with van der Waals surface area (Å²) in [5.74, 6) is 1.26. The van der Waals surface area contributed by atoms with Crippen molar-refractivity contribution in [2.24, 2.45) is 0 Å². The minimum atomic E-state index is 0.207. The molecule has 2 atom stereocenters. The molecular weight excluding hydrogens is 280 g/mol. The van der Waals surface area contributed by atoms with E-state index in [9.17, 15) is 4.79 Å². The van der Waals surface area contributed by atoms with E-state index < -0.39 is 0 Å². The number of fused-ring (bicyclic) bond motifs is 1. The van der Waals surface area contributed by atoms with Crippen LogP contribution in [-0.2, 0) is 4.79 Å². The van der Waals surface area contributed by atoms with Gasteiger partial charge in [0.15, 0.2) is 0 Å². The standard InChI is InChI=1S/C17H24N2OS/c1-13-6-8-14(9-7-13)21-11-10-19-12-17(20)18-15-4-2-3-5-16(15)19/h6-9,15-16H,2-5,10-12H2,1H3,(H,18,20)/t15-,16+/m1/s1. The van der Waals surface area contributed by atoms with E-state index in [2.05, 4.69) is 41.4 Å². The molecule has 0 spiro atoms. The van der Waals surface area contributed by atoms with Crippen LogP contribution in [0.3, 0.4) is 0 Å². The molecule has 3 nitrogen and oxygen atoms in total. The minimum absolute atomic E-state index is 0.207. The number of carbonyl (C=O) groups excluding carboxylic acids is 1.